The third kappa shape index (κ3) is 2.59. The summed E-state index contributed by atoms with van der Waals surface area (Å²) in [7, 11) is 2.05. The van der Waals surface area contributed by atoms with Crippen molar-refractivity contribution in [2.45, 2.75) is 6.04 Å². The Kier molecular flexibility index (Phi) is 3.52. The third-order valence-electron chi connectivity index (χ3n) is 5.30. The zero-order valence-electron chi connectivity index (χ0n) is 15.1. The number of rotatable bonds is 2. The van der Waals surface area contributed by atoms with E-state index in [1.165, 1.54) is 0 Å². The smallest absolute Gasteiger partial charge is 0.255 e. The number of carbonyl (C=O) groups excluding carboxylic acids is 1. The first-order chi connectivity index (χ1) is 13.1. The van der Waals surface area contributed by atoms with Crippen LogP contribution >= 0.6 is 0 Å². The van der Waals surface area contributed by atoms with Crippen molar-refractivity contribution in [2.75, 3.05) is 20.1 Å². The Labute approximate surface area is 158 Å². The highest BCUT2D eigenvalue weighted by molar-refractivity contribution is 6.25. The molecule has 5 heteroatoms. The molecule has 3 heterocycles. The molecule has 0 aliphatic carbocycles. The molecule has 134 valence electrons. The van der Waals surface area contributed by atoms with Crippen LogP contribution < -0.4 is 5.32 Å². The number of nitrogens with zero attached hydrogens (tertiary/aromatic N) is 3. The van der Waals surface area contributed by atoms with Gasteiger partial charge >= 0.3 is 0 Å². The van der Waals surface area contributed by atoms with E-state index in [9.17, 15) is 4.79 Å². The number of aliphatic imine (C=N–C) groups is 1. The number of amidine groups is 1. The van der Waals surface area contributed by atoms with E-state index in [-0.39, 0.29) is 11.9 Å². The SMILES string of the molecule is C=C1c2cc3ccccc3cc2N=C2C(C(=O)NC3CN(C)C3)=CC=CN12. The van der Waals surface area contributed by atoms with Crippen molar-refractivity contribution < 1.29 is 4.79 Å². The van der Waals surface area contributed by atoms with Gasteiger partial charge in [0.15, 0.2) is 5.84 Å². The van der Waals surface area contributed by atoms with Crippen molar-refractivity contribution in [3.05, 3.63) is 72.5 Å². The quantitative estimate of drug-likeness (QED) is 0.900. The van der Waals surface area contributed by atoms with E-state index in [4.69, 9.17) is 4.99 Å². The van der Waals surface area contributed by atoms with Crippen LogP contribution in [0.5, 0.6) is 0 Å². The fraction of sp³-hybridized carbons (Fsp3) is 0.182. The molecule has 5 rings (SSSR count). The molecule has 0 unspecified atom stereocenters. The number of fused-ring (bicyclic) bond motifs is 3. The van der Waals surface area contributed by atoms with Crippen LogP contribution in [0.3, 0.4) is 0 Å². The van der Waals surface area contributed by atoms with Gasteiger partial charge in [-0.1, -0.05) is 30.8 Å². The minimum absolute atomic E-state index is 0.0850. The second-order valence-electron chi connectivity index (χ2n) is 7.28. The van der Waals surface area contributed by atoms with Crippen LogP contribution in [0.2, 0.25) is 0 Å². The van der Waals surface area contributed by atoms with Gasteiger partial charge in [0.25, 0.3) is 5.91 Å². The summed E-state index contributed by atoms with van der Waals surface area (Å²) in [5.41, 5.74) is 3.25. The molecule has 0 saturated carbocycles. The Morgan fingerprint density at radius 1 is 1.22 bits per heavy atom. The van der Waals surface area contributed by atoms with Crippen molar-refractivity contribution in [3.63, 3.8) is 0 Å². The molecule has 1 amide bonds. The lowest BCUT2D eigenvalue weighted by molar-refractivity contribution is -0.118. The molecule has 0 spiro atoms. The van der Waals surface area contributed by atoms with Crippen molar-refractivity contribution in [1.82, 2.24) is 15.1 Å². The number of amides is 1. The van der Waals surface area contributed by atoms with Gasteiger partial charge in [-0.2, -0.15) is 0 Å². The maximum absolute atomic E-state index is 12.8. The largest absolute Gasteiger partial charge is 0.347 e. The van der Waals surface area contributed by atoms with Crippen LogP contribution in [-0.4, -0.2) is 47.7 Å². The Morgan fingerprint density at radius 3 is 2.70 bits per heavy atom. The molecule has 3 aliphatic rings. The van der Waals surface area contributed by atoms with Crippen LogP contribution in [0.4, 0.5) is 5.69 Å². The van der Waals surface area contributed by atoms with E-state index >= 15 is 0 Å². The number of hydrogen-bond acceptors (Lipinski definition) is 4. The number of allylic oxidation sites excluding steroid dienone is 2. The van der Waals surface area contributed by atoms with Crippen molar-refractivity contribution in [1.29, 1.82) is 0 Å². The molecule has 5 nitrogen and oxygen atoms in total. The number of likely N-dealkylation sites (N-methyl/N-ethyl adjacent to an activating group) is 1. The lowest BCUT2D eigenvalue weighted by Gasteiger charge is -2.37. The average Bonchev–Trinajstić information content (AvgIpc) is 2.65. The van der Waals surface area contributed by atoms with E-state index in [1.54, 1.807) is 0 Å². The highest BCUT2D eigenvalue weighted by Crippen LogP contribution is 2.38. The summed E-state index contributed by atoms with van der Waals surface area (Å²) in [4.78, 5) is 21.7. The summed E-state index contributed by atoms with van der Waals surface area (Å²) >= 11 is 0. The van der Waals surface area contributed by atoms with Crippen molar-refractivity contribution in [3.8, 4) is 0 Å². The third-order valence-corrected chi connectivity index (χ3v) is 5.30. The summed E-state index contributed by atoms with van der Waals surface area (Å²) in [6.07, 6.45) is 5.61. The maximum atomic E-state index is 12.8. The minimum atomic E-state index is -0.0850. The fourth-order valence-electron chi connectivity index (χ4n) is 3.86. The van der Waals surface area contributed by atoms with E-state index in [0.717, 1.165) is 40.8 Å². The van der Waals surface area contributed by atoms with Gasteiger partial charge in [0.1, 0.15) is 0 Å². The molecule has 1 N–H and O–H groups in total. The first kappa shape index (κ1) is 16.0. The standard InChI is InChI=1S/C22H20N4O/c1-14-19-10-15-6-3-4-7-16(15)11-20(19)24-21-18(8-5-9-26(14)21)22(27)23-17-12-25(2)13-17/h3-11,17H,1,12-13H2,2H3,(H,23,27). The number of nitrogens with one attached hydrogen (secondary N) is 1. The summed E-state index contributed by atoms with van der Waals surface area (Å²) < 4.78 is 0. The normalized spacial score (nSPS) is 19.1. The first-order valence-corrected chi connectivity index (χ1v) is 9.08. The second kappa shape index (κ2) is 5.93. The van der Waals surface area contributed by atoms with Gasteiger partial charge in [0, 0.05) is 30.5 Å². The monoisotopic (exact) mass is 356 g/mol. The van der Waals surface area contributed by atoms with E-state index in [2.05, 4.69) is 41.1 Å². The molecule has 0 radical (unpaired) electrons. The molecule has 27 heavy (non-hydrogen) atoms. The summed E-state index contributed by atoms with van der Waals surface area (Å²) in [5, 5.41) is 5.38. The number of benzene rings is 2. The summed E-state index contributed by atoms with van der Waals surface area (Å²) in [6.45, 7) is 6.03. The Morgan fingerprint density at radius 2 is 1.96 bits per heavy atom. The zero-order chi connectivity index (χ0) is 18.5. The summed E-state index contributed by atoms with van der Waals surface area (Å²) in [5.74, 6) is 0.550. The van der Waals surface area contributed by atoms with Crippen LogP contribution in [0, 0.1) is 0 Å². The van der Waals surface area contributed by atoms with Gasteiger partial charge < -0.3 is 15.1 Å². The molecular weight excluding hydrogens is 336 g/mol. The molecule has 1 fully saturated rings. The van der Waals surface area contributed by atoms with Gasteiger partial charge in [-0.05, 0) is 42.1 Å². The van der Waals surface area contributed by atoms with E-state index < -0.39 is 0 Å². The van der Waals surface area contributed by atoms with Gasteiger partial charge in [-0.15, -0.1) is 0 Å². The number of carbonyl (C=O) groups is 1. The van der Waals surface area contributed by atoms with Crippen LogP contribution in [0.15, 0.2) is 71.9 Å². The minimum Gasteiger partial charge on any atom is -0.347 e. The summed E-state index contributed by atoms with van der Waals surface area (Å²) in [6, 6.07) is 12.6. The fourth-order valence-corrected chi connectivity index (χ4v) is 3.86. The maximum Gasteiger partial charge on any atom is 0.255 e. The van der Waals surface area contributed by atoms with Gasteiger partial charge in [0.2, 0.25) is 0 Å². The van der Waals surface area contributed by atoms with Crippen LogP contribution in [-0.2, 0) is 4.79 Å². The van der Waals surface area contributed by atoms with E-state index in [1.807, 2.05) is 42.4 Å². The number of likely N-dealkylation sites (tertiary alicyclic amines) is 1. The molecule has 0 aromatic heterocycles. The topological polar surface area (TPSA) is 47.9 Å². The van der Waals surface area contributed by atoms with Gasteiger partial charge in [0.05, 0.1) is 17.3 Å². The predicted molar refractivity (Wildman–Crippen MR) is 109 cm³/mol. The second-order valence-corrected chi connectivity index (χ2v) is 7.28. The van der Waals surface area contributed by atoms with Gasteiger partial charge in [-0.3, -0.25) is 4.79 Å². The molecule has 3 aliphatic heterocycles. The van der Waals surface area contributed by atoms with Crippen LogP contribution in [0.25, 0.3) is 16.5 Å². The number of hydrogen-bond donors (Lipinski definition) is 1. The lowest BCUT2D eigenvalue weighted by atomic mass is 9.99. The molecular formula is C22H20N4O. The van der Waals surface area contributed by atoms with Crippen LogP contribution in [0.1, 0.15) is 5.56 Å². The molecule has 2 aromatic carbocycles. The molecule has 1 saturated heterocycles. The first-order valence-electron chi connectivity index (χ1n) is 9.08. The van der Waals surface area contributed by atoms with Crippen molar-refractivity contribution in [2.24, 2.45) is 4.99 Å². The predicted octanol–water partition coefficient (Wildman–Crippen LogP) is 3.04. The zero-order valence-corrected chi connectivity index (χ0v) is 15.1. The van der Waals surface area contributed by atoms with Crippen molar-refractivity contribution >= 4 is 33.9 Å². The highest BCUT2D eigenvalue weighted by atomic mass is 16.1. The Bertz CT molecular complexity index is 1070. The highest BCUT2D eigenvalue weighted by Gasteiger charge is 2.32. The Hall–Kier alpha value is -3.18. The average molecular weight is 356 g/mol. The Balaban J connectivity index is 1.54. The molecule has 0 bridgehead atoms. The molecule has 0 atom stereocenters. The molecule has 2 aromatic rings. The van der Waals surface area contributed by atoms with Gasteiger partial charge in [-0.25, -0.2) is 4.99 Å². The van der Waals surface area contributed by atoms with E-state index in [0.29, 0.717) is 11.4 Å². The lowest BCUT2D eigenvalue weighted by Crippen LogP contribution is -2.58.